The van der Waals surface area contributed by atoms with Crippen LogP contribution in [0.2, 0.25) is 0 Å². The van der Waals surface area contributed by atoms with Crippen molar-refractivity contribution in [1.29, 1.82) is 0 Å². The zero-order valence-electron chi connectivity index (χ0n) is 10.2. The molecule has 5 heteroatoms. The Kier molecular flexibility index (Phi) is 8.52. The SMILES string of the molecule is CCCNC(=O)CCNC(=O)CCC(C)N. The van der Waals surface area contributed by atoms with Crippen molar-refractivity contribution >= 4 is 11.8 Å². The van der Waals surface area contributed by atoms with Crippen molar-refractivity contribution in [3.05, 3.63) is 0 Å². The van der Waals surface area contributed by atoms with Gasteiger partial charge in [-0.25, -0.2) is 0 Å². The summed E-state index contributed by atoms with van der Waals surface area (Å²) in [6.07, 6.45) is 2.36. The van der Waals surface area contributed by atoms with E-state index in [9.17, 15) is 9.59 Å². The first-order valence-corrected chi connectivity index (χ1v) is 5.85. The Balaban J connectivity index is 3.43. The highest BCUT2D eigenvalue weighted by Gasteiger charge is 2.04. The van der Waals surface area contributed by atoms with Gasteiger partial charge in [0, 0.05) is 32.0 Å². The number of hydrogen-bond acceptors (Lipinski definition) is 3. The summed E-state index contributed by atoms with van der Waals surface area (Å²) in [5.74, 6) is -0.0602. The van der Waals surface area contributed by atoms with Crippen molar-refractivity contribution in [3.8, 4) is 0 Å². The van der Waals surface area contributed by atoms with Crippen LogP contribution in [0.25, 0.3) is 0 Å². The summed E-state index contributed by atoms with van der Waals surface area (Å²) < 4.78 is 0. The van der Waals surface area contributed by atoms with Crippen LogP contribution < -0.4 is 16.4 Å². The van der Waals surface area contributed by atoms with Gasteiger partial charge in [-0.05, 0) is 19.8 Å². The second kappa shape index (κ2) is 9.15. The van der Waals surface area contributed by atoms with Gasteiger partial charge in [0.15, 0.2) is 0 Å². The van der Waals surface area contributed by atoms with Crippen molar-refractivity contribution in [2.75, 3.05) is 13.1 Å². The lowest BCUT2D eigenvalue weighted by Gasteiger charge is -2.07. The summed E-state index contributed by atoms with van der Waals surface area (Å²) in [5, 5.41) is 5.44. The van der Waals surface area contributed by atoms with Crippen molar-refractivity contribution in [1.82, 2.24) is 10.6 Å². The molecule has 1 atom stereocenters. The second-order valence-corrected chi connectivity index (χ2v) is 3.97. The predicted octanol–water partition coefficient (Wildman–Crippen LogP) is 0.146. The molecule has 0 aliphatic heterocycles. The minimum Gasteiger partial charge on any atom is -0.356 e. The quantitative estimate of drug-likeness (QED) is 0.554. The zero-order valence-corrected chi connectivity index (χ0v) is 10.2. The molecule has 94 valence electrons. The van der Waals surface area contributed by atoms with Gasteiger partial charge < -0.3 is 16.4 Å². The molecule has 2 amide bonds. The average molecular weight is 229 g/mol. The molecule has 0 aliphatic rings. The van der Waals surface area contributed by atoms with Crippen LogP contribution in [0.1, 0.15) is 39.5 Å². The number of nitrogens with one attached hydrogen (secondary N) is 2. The van der Waals surface area contributed by atoms with E-state index in [1.54, 1.807) is 0 Å². The van der Waals surface area contributed by atoms with Crippen LogP contribution in [0.15, 0.2) is 0 Å². The molecule has 4 N–H and O–H groups in total. The van der Waals surface area contributed by atoms with Crippen LogP contribution >= 0.6 is 0 Å². The van der Waals surface area contributed by atoms with Crippen molar-refractivity contribution in [2.24, 2.45) is 5.73 Å². The number of nitrogens with two attached hydrogens (primary N) is 1. The van der Waals surface area contributed by atoms with Crippen LogP contribution in [0.4, 0.5) is 0 Å². The molecule has 0 heterocycles. The molecule has 0 aromatic heterocycles. The van der Waals surface area contributed by atoms with Crippen molar-refractivity contribution in [2.45, 2.75) is 45.6 Å². The first kappa shape index (κ1) is 14.9. The van der Waals surface area contributed by atoms with E-state index < -0.39 is 0 Å². The Morgan fingerprint density at radius 2 is 1.69 bits per heavy atom. The maximum absolute atomic E-state index is 11.2. The predicted molar refractivity (Wildman–Crippen MR) is 63.8 cm³/mol. The largest absolute Gasteiger partial charge is 0.356 e. The summed E-state index contributed by atoms with van der Waals surface area (Å²) in [4.78, 5) is 22.4. The fourth-order valence-corrected chi connectivity index (χ4v) is 1.12. The molecule has 0 rings (SSSR count). The molecule has 0 aliphatic carbocycles. The Morgan fingerprint density at radius 1 is 1.12 bits per heavy atom. The number of amides is 2. The topological polar surface area (TPSA) is 84.2 Å². The van der Waals surface area contributed by atoms with Crippen LogP contribution in [0.5, 0.6) is 0 Å². The molecular formula is C11H23N3O2. The third-order valence-electron chi connectivity index (χ3n) is 2.07. The van der Waals surface area contributed by atoms with E-state index in [0.29, 0.717) is 32.4 Å². The first-order valence-electron chi connectivity index (χ1n) is 5.85. The Hall–Kier alpha value is -1.10. The summed E-state index contributed by atoms with van der Waals surface area (Å²) in [6.45, 7) is 4.95. The van der Waals surface area contributed by atoms with Gasteiger partial charge in [-0.2, -0.15) is 0 Å². The van der Waals surface area contributed by atoms with Crippen LogP contribution in [0, 0.1) is 0 Å². The maximum atomic E-state index is 11.2. The normalized spacial score (nSPS) is 11.9. The highest BCUT2D eigenvalue weighted by Crippen LogP contribution is 1.92. The van der Waals surface area contributed by atoms with Gasteiger partial charge in [0.05, 0.1) is 0 Å². The van der Waals surface area contributed by atoms with Gasteiger partial charge in [-0.1, -0.05) is 6.92 Å². The van der Waals surface area contributed by atoms with Gasteiger partial charge in [0.25, 0.3) is 0 Å². The second-order valence-electron chi connectivity index (χ2n) is 3.97. The molecular weight excluding hydrogens is 206 g/mol. The zero-order chi connectivity index (χ0) is 12.4. The lowest BCUT2D eigenvalue weighted by Crippen LogP contribution is -2.31. The van der Waals surface area contributed by atoms with Gasteiger partial charge in [0.1, 0.15) is 0 Å². The smallest absolute Gasteiger partial charge is 0.221 e. The van der Waals surface area contributed by atoms with E-state index in [1.807, 2.05) is 13.8 Å². The number of hydrogen-bond donors (Lipinski definition) is 3. The van der Waals surface area contributed by atoms with E-state index in [0.717, 1.165) is 6.42 Å². The molecule has 0 radical (unpaired) electrons. The number of rotatable bonds is 8. The standard InChI is InChI=1S/C11H23N3O2/c1-3-7-13-11(16)6-8-14-10(15)5-4-9(2)12/h9H,3-8,12H2,1-2H3,(H,13,16)(H,14,15). The van der Waals surface area contributed by atoms with E-state index in [2.05, 4.69) is 10.6 Å². The lowest BCUT2D eigenvalue weighted by molar-refractivity contribution is -0.122. The van der Waals surface area contributed by atoms with Gasteiger partial charge in [0.2, 0.25) is 11.8 Å². The molecule has 0 spiro atoms. The van der Waals surface area contributed by atoms with Gasteiger partial charge in [-0.3, -0.25) is 9.59 Å². The van der Waals surface area contributed by atoms with Crippen LogP contribution in [-0.2, 0) is 9.59 Å². The molecule has 5 nitrogen and oxygen atoms in total. The molecule has 0 saturated heterocycles. The van der Waals surface area contributed by atoms with E-state index in [1.165, 1.54) is 0 Å². The van der Waals surface area contributed by atoms with Crippen molar-refractivity contribution in [3.63, 3.8) is 0 Å². The first-order chi connectivity index (χ1) is 7.56. The minimum absolute atomic E-state index is 0.0191. The van der Waals surface area contributed by atoms with E-state index in [-0.39, 0.29) is 17.9 Å². The molecule has 0 aromatic carbocycles. The van der Waals surface area contributed by atoms with Gasteiger partial charge in [-0.15, -0.1) is 0 Å². The fourth-order valence-electron chi connectivity index (χ4n) is 1.12. The Morgan fingerprint density at radius 3 is 2.25 bits per heavy atom. The van der Waals surface area contributed by atoms with E-state index in [4.69, 9.17) is 5.73 Å². The van der Waals surface area contributed by atoms with Crippen molar-refractivity contribution < 1.29 is 9.59 Å². The third kappa shape index (κ3) is 9.45. The Labute approximate surface area is 97.2 Å². The summed E-state index contributed by atoms with van der Waals surface area (Å²) in [5.41, 5.74) is 5.53. The maximum Gasteiger partial charge on any atom is 0.221 e. The Bertz CT molecular complexity index is 217. The van der Waals surface area contributed by atoms with Crippen LogP contribution in [0.3, 0.4) is 0 Å². The number of carbonyl (C=O) groups is 2. The van der Waals surface area contributed by atoms with E-state index >= 15 is 0 Å². The molecule has 0 fully saturated rings. The molecule has 16 heavy (non-hydrogen) atoms. The highest BCUT2D eigenvalue weighted by molar-refractivity contribution is 5.78. The summed E-state index contributed by atoms with van der Waals surface area (Å²) >= 11 is 0. The third-order valence-corrected chi connectivity index (χ3v) is 2.07. The molecule has 0 bridgehead atoms. The lowest BCUT2D eigenvalue weighted by atomic mass is 10.2. The monoisotopic (exact) mass is 229 g/mol. The summed E-state index contributed by atoms with van der Waals surface area (Å²) in [7, 11) is 0. The molecule has 0 saturated carbocycles. The minimum atomic E-state index is -0.0411. The average Bonchev–Trinajstić information content (AvgIpc) is 2.23. The number of carbonyl (C=O) groups excluding carboxylic acids is 2. The van der Waals surface area contributed by atoms with Crippen LogP contribution in [-0.4, -0.2) is 30.9 Å². The highest BCUT2D eigenvalue weighted by atomic mass is 16.2. The summed E-state index contributed by atoms with van der Waals surface area (Å²) in [6, 6.07) is 0.0404. The molecule has 1 unspecified atom stereocenters. The fraction of sp³-hybridized carbons (Fsp3) is 0.818. The van der Waals surface area contributed by atoms with Gasteiger partial charge >= 0.3 is 0 Å². The molecule has 0 aromatic rings.